The van der Waals surface area contributed by atoms with E-state index in [1.807, 2.05) is 45.2 Å². The van der Waals surface area contributed by atoms with Gasteiger partial charge in [0.1, 0.15) is 0 Å². The zero-order valence-electron chi connectivity index (χ0n) is 24.1. The molecule has 0 atom stereocenters. The number of anilines is 1. The molecule has 0 fully saturated rings. The molecule has 1 aromatic carbocycles. The summed E-state index contributed by atoms with van der Waals surface area (Å²) in [6.45, 7) is 7.66. The summed E-state index contributed by atoms with van der Waals surface area (Å²) in [5, 5.41) is 39.8. The molecule has 3 N–H and O–H groups in total. The second-order valence-electron chi connectivity index (χ2n) is 7.58. The molecule has 0 saturated carbocycles. The third-order valence-corrected chi connectivity index (χ3v) is 5.29. The number of nitriles is 2. The molecule has 0 bridgehead atoms. The van der Waals surface area contributed by atoms with Gasteiger partial charge in [-0.15, -0.1) is 0 Å². The van der Waals surface area contributed by atoms with Crippen LogP contribution in [0.5, 0.6) is 0 Å². The van der Waals surface area contributed by atoms with Gasteiger partial charge in [-0.05, 0) is 55.2 Å². The molecule has 0 radical (unpaired) electrons. The smallest absolute Gasteiger partial charge is 0.696 e. The maximum absolute atomic E-state index is 10.8. The molecular weight excluding hydrogens is 702 g/mol. The number of hydrogen-bond donors (Lipinski definition) is 3. The van der Waals surface area contributed by atoms with Crippen LogP contribution in [0.15, 0.2) is 78.3 Å². The van der Waals surface area contributed by atoms with Crippen LogP contribution in [-0.2, 0) is 44.7 Å². The maximum Gasteiger partial charge on any atom is 2.00 e. The number of pyridine rings is 4. The van der Waals surface area contributed by atoms with Gasteiger partial charge in [0.2, 0.25) is 0 Å². The van der Waals surface area contributed by atoms with Crippen molar-refractivity contribution in [3.8, 4) is 22.2 Å². The van der Waals surface area contributed by atoms with Crippen molar-refractivity contribution in [3.05, 3.63) is 84.4 Å². The fourth-order valence-corrected chi connectivity index (χ4v) is 3.67. The van der Waals surface area contributed by atoms with Crippen molar-refractivity contribution in [2.75, 3.05) is 12.4 Å². The zero-order chi connectivity index (χ0) is 33.1. The normalized spacial score (nSPS) is 8.73. The van der Waals surface area contributed by atoms with Gasteiger partial charge in [0, 0.05) is 42.6 Å². The first-order chi connectivity index (χ1) is 21.3. The topological polar surface area (TPSA) is 198 Å². The van der Waals surface area contributed by atoms with E-state index in [9.17, 15) is 9.59 Å². The Morgan fingerprint density at radius 2 is 1.20 bits per heavy atom. The van der Waals surface area contributed by atoms with Crippen molar-refractivity contribution in [2.24, 2.45) is 4.99 Å². The quantitative estimate of drug-likeness (QED) is 0.0651. The van der Waals surface area contributed by atoms with Gasteiger partial charge >= 0.3 is 31.4 Å². The van der Waals surface area contributed by atoms with Gasteiger partial charge in [-0.2, -0.15) is 0 Å². The minimum atomic E-state index is -1.08. The Hall–Kier alpha value is -5.21. The average Bonchev–Trinajstić information content (AvgIpc) is 3.06. The number of nitrogens with one attached hydrogen (secondary N) is 1. The Kier molecular flexibility index (Phi) is 19.0. The van der Waals surface area contributed by atoms with E-state index in [0.29, 0.717) is 11.4 Å². The number of aromatic carboxylic acids is 2. The Morgan fingerprint density at radius 1 is 0.800 bits per heavy atom. The van der Waals surface area contributed by atoms with Crippen molar-refractivity contribution in [1.29, 1.82) is 10.5 Å². The van der Waals surface area contributed by atoms with Crippen molar-refractivity contribution < 1.29 is 39.3 Å². The fourth-order valence-electron chi connectivity index (χ4n) is 3.67. The SMILES string of the molecule is C=Nc1c(NC)c2cccnc2c2ncccc12.CC.N#C[S-].N#C[S-].O=C(O)c1ccnc(-c2cc(C(=O)O)ccn2)c1.[Ru+2]. The van der Waals surface area contributed by atoms with Crippen molar-refractivity contribution in [3.63, 3.8) is 0 Å². The molecule has 0 amide bonds. The number of nitrogens with zero attached hydrogens (tertiary/aromatic N) is 7. The van der Waals surface area contributed by atoms with Crippen LogP contribution in [0.25, 0.3) is 33.2 Å². The summed E-state index contributed by atoms with van der Waals surface area (Å²) in [4.78, 5) is 42.6. The number of carboxylic acids is 2. The van der Waals surface area contributed by atoms with Crippen LogP contribution < -0.4 is 5.32 Å². The third kappa shape index (κ3) is 11.1. The minimum Gasteiger partial charge on any atom is -0.696 e. The molecule has 5 aromatic rings. The standard InChI is InChI=1S/C14H12N4.C12H8N2O4.C2H6.2CHNS.Ru/c1-15-11-9-5-3-7-17-13(9)14-10(12(11)16-2)6-4-8-18-14;15-11(16)7-1-3-13-9(5-7)10-6-8(12(17)18)2-4-14-10;1-2;2*2-1-3;/h3-8,16H,1H2,2H3;1-6H,(H,15,16)(H,17,18);1-2H3;2*3H;/q;;;;;+2/p-2. The molecule has 12 nitrogen and oxygen atoms in total. The summed E-state index contributed by atoms with van der Waals surface area (Å²) in [5.74, 6) is -2.15. The van der Waals surface area contributed by atoms with Crippen LogP contribution in [-0.4, -0.2) is 55.9 Å². The van der Waals surface area contributed by atoms with Gasteiger partial charge in [-0.25, -0.2) is 20.1 Å². The molecule has 45 heavy (non-hydrogen) atoms. The number of hydrogen-bond acceptors (Lipinski definition) is 12. The number of rotatable bonds is 5. The summed E-state index contributed by atoms with van der Waals surface area (Å²) >= 11 is 7.40. The van der Waals surface area contributed by atoms with Crippen LogP contribution in [0.1, 0.15) is 34.6 Å². The zero-order valence-corrected chi connectivity index (χ0v) is 27.5. The van der Waals surface area contributed by atoms with Crippen LogP contribution >= 0.6 is 0 Å². The third-order valence-electron chi connectivity index (χ3n) is 5.29. The molecule has 0 aliphatic carbocycles. The van der Waals surface area contributed by atoms with E-state index in [0.717, 1.165) is 33.2 Å². The van der Waals surface area contributed by atoms with Gasteiger partial charge in [-0.3, -0.25) is 24.9 Å². The van der Waals surface area contributed by atoms with E-state index in [1.165, 1.54) is 47.5 Å². The molecule has 4 aromatic heterocycles. The summed E-state index contributed by atoms with van der Waals surface area (Å²) in [5.41, 5.74) is 4.27. The average molecular weight is 728 g/mol. The largest absolute Gasteiger partial charge is 2.00 e. The van der Waals surface area contributed by atoms with E-state index in [2.05, 4.69) is 62.2 Å². The molecule has 0 aliphatic heterocycles. The predicted molar refractivity (Wildman–Crippen MR) is 174 cm³/mol. The monoisotopic (exact) mass is 728 g/mol. The number of aromatic nitrogens is 4. The van der Waals surface area contributed by atoms with E-state index in [-0.39, 0.29) is 30.6 Å². The molecule has 0 unspecified atom stereocenters. The number of carboxylic acid groups (broad SMARTS) is 2. The first-order valence-corrected chi connectivity index (χ1v) is 13.3. The molecule has 0 saturated heterocycles. The van der Waals surface area contributed by atoms with Crippen LogP contribution in [0, 0.1) is 21.3 Å². The van der Waals surface area contributed by atoms with Gasteiger partial charge in [-0.1, -0.05) is 24.6 Å². The minimum absolute atomic E-state index is 0. The molecule has 0 aliphatic rings. The van der Waals surface area contributed by atoms with Crippen LogP contribution in [0.2, 0.25) is 0 Å². The Morgan fingerprint density at radius 3 is 1.58 bits per heavy atom. The fraction of sp³-hybridized carbons (Fsp3) is 0.100. The van der Waals surface area contributed by atoms with Gasteiger partial charge in [0.05, 0.1) is 44.9 Å². The second kappa shape index (κ2) is 21.5. The van der Waals surface area contributed by atoms with Gasteiger partial charge < -0.3 is 40.8 Å². The Bertz CT molecular complexity index is 1760. The molecule has 15 heteroatoms. The number of fused-ring (bicyclic) bond motifs is 3. The van der Waals surface area contributed by atoms with Gasteiger partial charge in [0.25, 0.3) is 0 Å². The molecule has 5 rings (SSSR count). The second-order valence-corrected chi connectivity index (χ2v) is 7.95. The van der Waals surface area contributed by atoms with Crippen molar-refractivity contribution in [2.45, 2.75) is 13.8 Å². The summed E-state index contributed by atoms with van der Waals surface area (Å²) < 4.78 is 0. The van der Waals surface area contributed by atoms with Crippen LogP contribution in [0.3, 0.4) is 0 Å². The van der Waals surface area contributed by atoms with Crippen LogP contribution in [0.4, 0.5) is 11.4 Å². The number of thiocyanates is 2. The summed E-state index contributed by atoms with van der Waals surface area (Å²) in [6.07, 6.45) is 6.22. The van der Waals surface area contributed by atoms with Crippen molar-refractivity contribution in [1.82, 2.24) is 19.9 Å². The summed E-state index contributed by atoms with van der Waals surface area (Å²) in [7, 11) is 1.87. The molecular formula is C30H26N8O4RuS2. The number of aliphatic imine (C=N–C) groups is 1. The first-order valence-electron chi connectivity index (χ1n) is 12.5. The first kappa shape index (κ1) is 39.8. The predicted octanol–water partition coefficient (Wildman–Crippen LogP) is 5.75. The van der Waals surface area contributed by atoms with E-state index in [1.54, 1.807) is 12.4 Å². The number of benzene rings is 1. The molecule has 230 valence electrons. The molecule has 4 heterocycles. The summed E-state index contributed by atoms with van der Waals surface area (Å²) in [6, 6.07) is 13.2. The van der Waals surface area contributed by atoms with E-state index >= 15 is 0 Å². The van der Waals surface area contributed by atoms with E-state index < -0.39 is 11.9 Å². The molecule has 0 spiro atoms. The number of carbonyl (C=O) groups is 2. The van der Waals surface area contributed by atoms with E-state index in [4.69, 9.17) is 20.7 Å². The Labute approximate surface area is 283 Å². The Balaban J connectivity index is 0.000000688. The van der Waals surface area contributed by atoms with Gasteiger partial charge in [0.15, 0.2) is 0 Å². The van der Waals surface area contributed by atoms with Crippen molar-refractivity contribution >= 4 is 77.1 Å². The maximum atomic E-state index is 10.8.